The molecule has 1 aliphatic rings. The highest BCUT2D eigenvalue weighted by molar-refractivity contribution is 5.90. The van der Waals surface area contributed by atoms with Gasteiger partial charge in [0.15, 0.2) is 0 Å². The molecule has 1 heterocycles. The Morgan fingerprint density at radius 2 is 2.35 bits per heavy atom. The van der Waals surface area contributed by atoms with Crippen molar-refractivity contribution < 1.29 is 14.8 Å². The van der Waals surface area contributed by atoms with E-state index in [1.807, 2.05) is 0 Å². The zero-order chi connectivity index (χ0) is 14.7. The number of aliphatic hydroxyl groups is 1. The Kier molecular flexibility index (Phi) is 4.19. The summed E-state index contributed by atoms with van der Waals surface area (Å²) in [7, 11) is 0. The van der Waals surface area contributed by atoms with Crippen molar-refractivity contribution in [2.24, 2.45) is 0 Å². The fourth-order valence-electron chi connectivity index (χ4n) is 2.43. The summed E-state index contributed by atoms with van der Waals surface area (Å²) in [6.07, 6.45) is 1.67. The summed E-state index contributed by atoms with van der Waals surface area (Å²) in [5.41, 5.74) is 1.03. The molecule has 0 saturated carbocycles. The summed E-state index contributed by atoms with van der Waals surface area (Å²) in [6, 6.07) is 4.02. The van der Waals surface area contributed by atoms with Crippen LogP contribution in [0.5, 0.6) is 0 Å². The third-order valence-corrected chi connectivity index (χ3v) is 3.49. The van der Waals surface area contributed by atoms with Crippen LogP contribution in [0.15, 0.2) is 18.2 Å². The lowest BCUT2D eigenvalue weighted by atomic mass is 10.2. The number of nitrogens with one attached hydrogen (secondary N) is 1. The third kappa shape index (κ3) is 2.88. The fourth-order valence-corrected chi connectivity index (χ4v) is 2.43. The lowest BCUT2D eigenvalue weighted by Crippen LogP contribution is -2.40. The SMILES string of the molecule is Cc1cc(NC(=O)N2CCCC2CO)ccc1[N+](=O)[O-]. The van der Waals surface area contributed by atoms with E-state index in [9.17, 15) is 20.0 Å². The number of nitro benzene ring substituents is 1. The predicted octanol–water partition coefficient (Wildman–Crippen LogP) is 1.89. The molecule has 0 radical (unpaired) electrons. The number of carbonyl (C=O) groups excluding carboxylic acids is 1. The Morgan fingerprint density at radius 1 is 1.60 bits per heavy atom. The van der Waals surface area contributed by atoms with E-state index in [0.717, 1.165) is 12.8 Å². The number of aliphatic hydroxyl groups excluding tert-OH is 1. The van der Waals surface area contributed by atoms with Crippen molar-refractivity contribution in [2.75, 3.05) is 18.5 Å². The van der Waals surface area contributed by atoms with Gasteiger partial charge in [-0.2, -0.15) is 0 Å². The van der Waals surface area contributed by atoms with E-state index in [0.29, 0.717) is 17.8 Å². The van der Waals surface area contributed by atoms with Crippen molar-refractivity contribution >= 4 is 17.4 Å². The number of anilines is 1. The number of urea groups is 1. The molecule has 1 unspecified atom stereocenters. The topological polar surface area (TPSA) is 95.7 Å². The van der Waals surface area contributed by atoms with Crippen LogP contribution in [0, 0.1) is 17.0 Å². The molecule has 2 N–H and O–H groups in total. The number of amides is 2. The van der Waals surface area contributed by atoms with Crippen LogP contribution in [0.2, 0.25) is 0 Å². The number of likely N-dealkylation sites (tertiary alicyclic amines) is 1. The summed E-state index contributed by atoms with van der Waals surface area (Å²) < 4.78 is 0. The van der Waals surface area contributed by atoms with Gasteiger partial charge in [0.1, 0.15) is 0 Å². The molecule has 20 heavy (non-hydrogen) atoms. The average molecular weight is 279 g/mol. The molecule has 2 amide bonds. The van der Waals surface area contributed by atoms with Gasteiger partial charge in [-0.15, -0.1) is 0 Å². The second-order valence-corrected chi connectivity index (χ2v) is 4.86. The van der Waals surface area contributed by atoms with Gasteiger partial charge in [0, 0.05) is 23.9 Å². The lowest BCUT2D eigenvalue weighted by molar-refractivity contribution is -0.385. The van der Waals surface area contributed by atoms with E-state index in [1.165, 1.54) is 12.1 Å². The number of aryl methyl sites for hydroxylation is 1. The highest BCUT2D eigenvalue weighted by atomic mass is 16.6. The molecule has 0 aromatic heterocycles. The van der Waals surface area contributed by atoms with E-state index in [-0.39, 0.29) is 24.4 Å². The fraction of sp³-hybridized carbons (Fsp3) is 0.462. The monoisotopic (exact) mass is 279 g/mol. The summed E-state index contributed by atoms with van der Waals surface area (Å²) in [5.74, 6) is 0. The van der Waals surface area contributed by atoms with Crippen molar-refractivity contribution in [1.82, 2.24) is 4.90 Å². The van der Waals surface area contributed by atoms with Gasteiger partial charge in [0.2, 0.25) is 0 Å². The van der Waals surface area contributed by atoms with Crippen LogP contribution < -0.4 is 5.32 Å². The maximum atomic E-state index is 12.1. The van der Waals surface area contributed by atoms with Gasteiger partial charge in [0.25, 0.3) is 5.69 Å². The number of nitro groups is 1. The largest absolute Gasteiger partial charge is 0.394 e. The molecule has 108 valence electrons. The van der Waals surface area contributed by atoms with Gasteiger partial charge in [-0.05, 0) is 31.9 Å². The molecule has 1 aliphatic heterocycles. The highest BCUT2D eigenvalue weighted by Gasteiger charge is 2.28. The summed E-state index contributed by atoms with van der Waals surface area (Å²) in [6.45, 7) is 2.19. The normalized spacial score (nSPS) is 18.1. The molecule has 1 fully saturated rings. The molecule has 7 nitrogen and oxygen atoms in total. The minimum Gasteiger partial charge on any atom is -0.394 e. The van der Waals surface area contributed by atoms with Gasteiger partial charge in [0.05, 0.1) is 17.6 Å². The molecular weight excluding hydrogens is 262 g/mol. The van der Waals surface area contributed by atoms with Crippen molar-refractivity contribution in [3.63, 3.8) is 0 Å². The maximum absolute atomic E-state index is 12.1. The molecule has 1 aromatic rings. The standard InChI is InChI=1S/C13H17N3O4/c1-9-7-10(4-5-12(9)16(19)20)14-13(18)15-6-2-3-11(15)8-17/h4-5,7,11,17H,2-3,6,8H2,1H3,(H,14,18). The first-order valence-electron chi connectivity index (χ1n) is 6.46. The van der Waals surface area contributed by atoms with Gasteiger partial charge in [-0.3, -0.25) is 10.1 Å². The van der Waals surface area contributed by atoms with Crippen molar-refractivity contribution in [3.8, 4) is 0 Å². The van der Waals surface area contributed by atoms with E-state index < -0.39 is 4.92 Å². The molecule has 2 rings (SSSR count). The number of nitrogens with zero attached hydrogens (tertiary/aromatic N) is 2. The van der Waals surface area contributed by atoms with Crippen molar-refractivity contribution in [2.45, 2.75) is 25.8 Å². The number of hydrogen-bond donors (Lipinski definition) is 2. The third-order valence-electron chi connectivity index (χ3n) is 3.49. The van der Waals surface area contributed by atoms with Crippen molar-refractivity contribution in [1.29, 1.82) is 0 Å². The van der Waals surface area contributed by atoms with Crippen LogP contribution in [-0.2, 0) is 0 Å². The van der Waals surface area contributed by atoms with Gasteiger partial charge in [-0.25, -0.2) is 4.79 Å². The van der Waals surface area contributed by atoms with Crippen LogP contribution in [0.1, 0.15) is 18.4 Å². The van der Waals surface area contributed by atoms with Crippen LogP contribution >= 0.6 is 0 Å². The number of benzene rings is 1. The van der Waals surface area contributed by atoms with Gasteiger partial charge >= 0.3 is 6.03 Å². The second-order valence-electron chi connectivity index (χ2n) is 4.86. The molecule has 0 spiro atoms. The molecule has 1 saturated heterocycles. The van der Waals surface area contributed by atoms with E-state index >= 15 is 0 Å². The molecule has 7 heteroatoms. The zero-order valence-electron chi connectivity index (χ0n) is 11.2. The molecule has 1 aromatic carbocycles. The Labute approximate surface area is 116 Å². The molecule has 0 aliphatic carbocycles. The first kappa shape index (κ1) is 14.3. The van der Waals surface area contributed by atoms with Crippen molar-refractivity contribution in [3.05, 3.63) is 33.9 Å². The first-order valence-corrected chi connectivity index (χ1v) is 6.46. The van der Waals surface area contributed by atoms with Crippen LogP contribution in [0.25, 0.3) is 0 Å². The second kappa shape index (κ2) is 5.87. The number of hydrogen-bond acceptors (Lipinski definition) is 4. The molecular formula is C13H17N3O4. The van der Waals surface area contributed by atoms with Gasteiger partial charge < -0.3 is 15.3 Å². The Balaban J connectivity index is 2.08. The molecule has 0 bridgehead atoms. The van der Waals surface area contributed by atoms with E-state index in [4.69, 9.17) is 0 Å². The maximum Gasteiger partial charge on any atom is 0.322 e. The van der Waals surface area contributed by atoms with Crippen LogP contribution in [0.4, 0.5) is 16.2 Å². The van der Waals surface area contributed by atoms with Gasteiger partial charge in [-0.1, -0.05) is 0 Å². The molecule has 1 atom stereocenters. The van der Waals surface area contributed by atoms with E-state index in [1.54, 1.807) is 17.9 Å². The summed E-state index contributed by atoms with van der Waals surface area (Å²) in [5, 5.41) is 22.6. The Morgan fingerprint density at radius 3 is 2.95 bits per heavy atom. The minimum absolute atomic E-state index is 0.0254. The summed E-state index contributed by atoms with van der Waals surface area (Å²) >= 11 is 0. The Bertz CT molecular complexity index is 532. The summed E-state index contributed by atoms with van der Waals surface area (Å²) in [4.78, 5) is 24.0. The van der Waals surface area contributed by atoms with E-state index in [2.05, 4.69) is 5.32 Å². The van der Waals surface area contributed by atoms with Crippen LogP contribution in [-0.4, -0.2) is 40.2 Å². The smallest absolute Gasteiger partial charge is 0.322 e. The quantitative estimate of drug-likeness (QED) is 0.652. The lowest BCUT2D eigenvalue weighted by Gasteiger charge is -2.23. The Hall–Kier alpha value is -2.15. The minimum atomic E-state index is -0.455. The zero-order valence-corrected chi connectivity index (χ0v) is 11.2. The number of rotatable bonds is 3. The average Bonchev–Trinajstić information content (AvgIpc) is 2.86. The first-order chi connectivity index (χ1) is 9.52. The predicted molar refractivity (Wildman–Crippen MR) is 73.7 cm³/mol. The number of carbonyl (C=O) groups is 1. The highest BCUT2D eigenvalue weighted by Crippen LogP contribution is 2.23. The van der Waals surface area contributed by atoms with Crippen LogP contribution in [0.3, 0.4) is 0 Å².